The fraction of sp³-hybridized carbons (Fsp3) is 0.778. The van der Waals surface area contributed by atoms with E-state index in [0.29, 0.717) is 5.75 Å². The second-order valence-electron chi connectivity index (χ2n) is 4.21. The Balaban J connectivity index is 2.14. The van der Waals surface area contributed by atoms with Crippen LogP contribution in [0.25, 0.3) is 0 Å². The molecular weight excluding hydrogens is 232 g/mol. The van der Waals surface area contributed by atoms with Crippen LogP contribution in [0.1, 0.15) is 0 Å². The molecule has 0 aromatic heterocycles. The van der Waals surface area contributed by atoms with Crippen LogP contribution in [0.4, 0.5) is 0 Å². The highest BCUT2D eigenvalue weighted by Crippen LogP contribution is 2.41. The van der Waals surface area contributed by atoms with Crippen molar-refractivity contribution in [2.45, 2.75) is 11.4 Å². The monoisotopic (exact) mass is 246 g/mol. The van der Waals surface area contributed by atoms with E-state index in [1.165, 1.54) is 23.8 Å². The van der Waals surface area contributed by atoms with E-state index in [4.69, 9.17) is 10.5 Å². The quantitative estimate of drug-likeness (QED) is 0.617. The van der Waals surface area contributed by atoms with E-state index in [2.05, 4.69) is 0 Å². The largest absolute Gasteiger partial charge is 0.481 e. The zero-order valence-corrected chi connectivity index (χ0v) is 9.70. The number of carbonyl (C=O) groups excluding carboxylic acids is 1. The molecule has 0 saturated carbocycles. The van der Waals surface area contributed by atoms with Gasteiger partial charge < -0.3 is 20.5 Å². The Morgan fingerprint density at radius 2 is 2.50 bits per heavy atom. The first-order chi connectivity index (χ1) is 7.52. The fourth-order valence-corrected chi connectivity index (χ4v) is 3.55. The van der Waals surface area contributed by atoms with Gasteiger partial charge in [-0.25, -0.2) is 0 Å². The average molecular weight is 246 g/mol. The summed E-state index contributed by atoms with van der Waals surface area (Å²) in [6, 6.07) is -0.473. The molecule has 1 amide bonds. The Morgan fingerprint density at radius 1 is 1.81 bits per heavy atom. The van der Waals surface area contributed by atoms with E-state index in [1.807, 2.05) is 0 Å². The normalized spacial score (nSPS) is 37.9. The number of aliphatic carboxylic acids is 1. The zero-order chi connectivity index (χ0) is 11.9. The molecular formula is C9H14N2O4S. The maximum absolute atomic E-state index is 11.5. The summed E-state index contributed by atoms with van der Waals surface area (Å²) in [5.41, 5.74) is 4.63. The highest BCUT2D eigenvalue weighted by molar-refractivity contribution is 8.00. The molecule has 0 spiro atoms. The third-order valence-electron chi connectivity index (χ3n) is 3.06. The molecule has 6 nitrogen and oxygen atoms in total. The number of carboxylic acids is 1. The summed E-state index contributed by atoms with van der Waals surface area (Å²) in [5, 5.41) is 9.18. The number of carbonyl (C=O) groups is 2. The van der Waals surface area contributed by atoms with Crippen molar-refractivity contribution in [3.05, 3.63) is 0 Å². The molecule has 0 radical (unpaired) electrons. The van der Waals surface area contributed by atoms with E-state index in [-0.39, 0.29) is 24.4 Å². The van der Waals surface area contributed by atoms with Gasteiger partial charge in [-0.3, -0.25) is 9.59 Å². The minimum Gasteiger partial charge on any atom is -0.481 e. The summed E-state index contributed by atoms with van der Waals surface area (Å²) in [7, 11) is 1.46. The molecule has 0 aliphatic carbocycles. The molecule has 90 valence electrons. The summed E-state index contributed by atoms with van der Waals surface area (Å²) < 4.78 is 4.95. The predicted octanol–water partition coefficient (Wildman–Crippen LogP) is -1.05. The van der Waals surface area contributed by atoms with E-state index < -0.39 is 17.4 Å². The Labute approximate surface area is 97.1 Å². The number of amides is 1. The van der Waals surface area contributed by atoms with Crippen molar-refractivity contribution in [1.82, 2.24) is 4.90 Å². The van der Waals surface area contributed by atoms with Crippen molar-refractivity contribution >= 4 is 23.6 Å². The number of rotatable bonds is 3. The van der Waals surface area contributed by atoms with Crippen LogP contribution < -0.4 is 5.73 Å². The summed E-state index contributed by atoms with van der Waals surface area (Å²) in [5.74, 6) is -0.661. The molecule has 2 aliphatic rings. The molecule has 2 aliphatic heterocycles. The van der Waals surface area contributed by atoms with Gasteiger partial charge in [0.1, 0.15) is 16.8 Å². The smallest absolute Gasteiger partial charge is 0.314 e. The standard InChI is InChI=1S/C9H14N2O4S/c1-15-3-9(8(13)14)2-11-6(12)5(10)7(11)16-4-9/h5,7H,2-4,10H2,1H3,(H,13,14)/t5-,7-,9?/m1/s1. The maximum atomic E-state index is 11.5. The van der Waals surface area contributed by atoms with E-state index >= 15 is 0 Å². The van der Waals surface area contributed by atoms with Crippen molar-refractivity contribution in [1.29, 1.82) is 0 Å². The Bertz CT molecular complexity index is 337. The zero-order valence-electron chi connectivity index (χ0n) is 8.88. The SMILES string of the molecule is COCC1(C(=O)O)CS[C@@H]2[C@H](N)C(=O)N2C1. The van der Waals surface area contributed by atoms with Crippen LogP contribution >= 0.6 is 11.8 Å². The van der Waals surface area contributed by atoms with Crippen LogP contribution in [0.2, 0.25) is 0 Å². The topological polar surface area (TPSA) is 92.9 Å². The molecule has 2 saturated heterocycles. The van der Waals surface area contributed by atoms with Gasteiger partial charge >= 0.3 is 5.97 Å². The molecule has 0 aromatic rings. The van der Waals surface area contributed by atoms with E-state index in [0.717, 1.165) is 0 Å². The average Bonchev–Trinajstić information content (AvgIpc) is 2.28. The lowest BCUT2D eigenvalue weighted by molar-refractivity contribution is -0.159. The molecule has 2 rings (SSSR count). The van der Waals surface area contributed by atoms with Crippen LogP contribution in [0.3, 0.4) is 0 Å². The van der Waals surface area contributed by atoms with Crippen LogP contribution in [-0.2, 0) is 14.3 Å². The molecule has 0 aromatic carbocycles. The number of hydrogen-bond acceptors (Lipinski definition) is 5. The molecule has 2 fully saturated rings. The summed E-state index contributed by atoms with van der Waals surface area (Å²) in [6.07, 6.45) is 0. The number of thioether (sulfide) groups is 1. The predicted molar refractivity (Wildman–Crippen MR) is 57.9 cm³/mol. The number of nitrogens with two attached hydrogens (primary N) is 1. The molecule has 3 N–H and O–H groups in total. The Kier molecular flexibility index (Phi) is 2.85. The number of nitrogens with zero attached hydrogens (tertiary/aromatic N) is 1. The minimum absolute atomic E-state index is 0.0585. The number of fused-ring (bicyclic) bond motifs is 1. The van der Waals surface area contributed by atoms with Crippen LogP contribution in [-0.4, -0.2) is 59.3 Å². The van der Waals surface area contributed by atoms with Crippen molar-refractivity contribution in [2.75, 3.05) is 26.0 Å². The third kappa shape index (κ3) is 1.50. The number of hydrogen-bond donors (Lipinski definition) is 2. The van der Waals surface area contributed by atoms with E-state index in [1.54, 1.807) is 0 Å². The van der Waals surface area contributed by atoms with Gasteiger partial charge in [-0.2, -0.15) is 0 Å². The van der Waals surface area contributed by atoms with Crippen molar-refractivity contribution < 1.29 is 19.4 Å². The van der Waals surface area contributed by atoms with Crippen molar-refractivity contribution in [3.63, 3.8) is 0 Å². The second kappa shape index (κ2) is 3.90. The number of ether oxygens (including phenoxy) is 1. The summed E-state index contributed by atoms with van der Waals surface area (Å²) in [4.78, 5) is 24.3. The van der Waals surface area contributed by atoms with Gasteiger partial charge in [0.25, 0.3) is 0 Å². The van der Waals surface area contributed by atoms with Crippen molar-refractivity contribution in [3.8, 4) is 0 Å². The van der Waals surface area contributed by atoms with Gasteiger partial charge in [-0.05, 0) is 0 Å². The molecule has 7 heteroatoms. The van der Waals surface area contributed by atoms with E-state index in [9.17, 15) is 14.7 Å². The first kappa shape index (κ1) is 11.7. The first-order valence-corrected chi connectivity index (χ1v) is 5.97. The van der Waals surface area contributed by atoms with Crippen LogP contribution in [0.15, 0.2) is 0 Å². The molecule has 3 atom stereocenters. The molecule has 16 heavy (non-hydrogen) atoms. The van der Waals surface area contributed by atoms with Crippen LogP contribution in [0, 0.1) is 5.41 Å². The number of carboxylic acid groups (broad SMARTS) is 1. The first-order valence-electron chi connectivity index (χ1n) is 4.92. The molecule has 2 heterocycles. The molecule has 1 unspecified atom stereocenters. The van der Waals surface area contributed by atoms with Gasteiger partial charge in [0.05, 0.1) is 6.61 Å². The van der Waals surface area contributed by atoms with Gasteiger partial charge in [0.2, 0.25) is 5.91 Å². The summed E-state index contributed by atoms with van der Waals surface area (Å²) >= 11 is 1.42. The number of β-lactam (4-membered cyclic amide) rings is 1. The van der Waals surface area contributed by atoms with Gasteiger partial charge in [-0.1, -0.05) is 0 Å². The highest BCUT2D eigenvalue weighted by atomic mass is 32.2. The van der Waals surface area contributed by atoms with Crippen LogP contribution in [0.5, 0.6) is 0 Å². The summed E-state index contributed by atoms with van der Waals surface area (Å²) in [6.45, 7) is 0.307. The lowest BCUT2D eigenvalue weighted by Crippen LogP contribution is -2.72. The second-order valence-corrected chi connectivity index (χ2v) is 5.32. The highest BCUT2D eigenvalue weighted by Gasteiger charge is 2.55. The Morgan fingerprint density at radius 3 is 3.06 bits per heavy atom. The Hall–Kier alpha value is -0.790. The third-order valence-corrected chi connectivity index (χ3v) is 4.67. The van der Waals surface area contributed by atoms with Gasteiger partial charge in [-0.15, -0.1) is 11.8 Å². The fourth-order valence-electron chi connectivity index (χ4n) is 2.08. The lowest BCUT2D eigenvalue weighted by Gasteiger charge is -2.52. The van der Waals surface area contributed by atoms with Gasteiger partial charge in [0.15, 0.2) is 0 Å². The number of methoxy groups -OCH3 is 1. The lowest BCUT2D eigenvalue weighted by atomic mass is 9.88. The minimum atomic E-state index is -0.994. The van der Waals surface area contributed by atoms with Gasteiger partial charge in [0, 0.05) is 19.4 Å². The molecule has 0 bridgehead atoms. The maximum Gasteiger partial charge on any atom is 0.314 e. The van der Waals surface area contributed by atoms with Crippen molar-refractivity contribution in [2.24, 2.45) is 11.1 Å².